The van der Waals surface area contributed by atoms with Gasteiger partial charge < -0.3 is 9.73 Å². The van der Waals surface area contributed by atoms with Crippen LogP contribution in [0.5, 0.6) is 0 Å². The minimum absolute atomic E-state index is 0.0604. The predicted octanol–water partition coefficient (Wildman–Crippen LogP) is 3.12. The first-order chi connectivity index (χ1) is 11.4. The molecule has 1 aromatic heterocycles. The molecule has 0 bridgehead atoms. The quantitative estimate of drug-likeness (QED) is 0.402. The van der Waals surface area contributed by atoms with Crippen molar-refractivity contribution in [3.63, 3.8) is 0 Å². The molecule has 122 valence electrons. The fraction of sp³-hybridized carbons (Fsp3) is 0.176. The number of nitro groups is 1. The Morgan fingerprint density at radius 3 is 2.58 bits per heavy atom. The monoisotopic (exact) mass is 325 g/mol. The molecule has 24 heavy (non-hydrogen) atoms. The molecule has 0 radical (unpaired) electrons. The minimum atomic E-state index is -0.535. The summed E-state index contributed by atoms with van der Waals surface area (Å²) in [5, 5.41) is 22.6. The van der Waals surface area contributed by atoms with Crippen molar-refractivity contribution >= 4 is 17.7 Å². The van der Waals surface area contributed by atoms with Crippen LogP contribution in [0.4, 0.5) is 5.69 Å². The summed E-state index contributed by atoms with van der Waals surface area (Å²) in [5.41, 5.74) is 1.87. The molecular formula is C17H15N3O4. The lowest BCUT2D eigenvalue weighted by Gasteiger charge is -2.04. The molecule has 1 aromatic carbocycles. The van der Waals surface area contributed by atoms with Gasteiger partial charge in [-0.3, -0.25) is 14.9 Å². The number of rotatable bonds is 4. The summed E-state index contributed by atoms with van der Waals surface area (Å²) >= 11 is 0. The number of aryl methyl sites for hydroxylation is 2. The Morgan fingerprint density at radius 2 is 2.00 bits per heavy atom. The summed E-state index contributed by atoms with van der Waals surface area (Å²) in [4.78, 5) is 22.3. The van der Waals surface area contributed by atoms with Gasteiger partial charge >= 0.3 is 0 Å². The number of nitriles is 1. The summed E-state index contributed by atoms with van der Waals surface area (Å²) in [5.74, 6) is 0.0236. The van der Waals surface area contributed by atoms with E-state index in [0.717, 1.165) is 11.1 Å². The number of carbonyl (C=O) groups excluding carboxylic acids is 1. The average Bonchev–Trinajstić information content (AvgIpc) is 3.02. The summed E-state index contributed by atoms with van der Waals surface area (Å²) < 4.78 is 5.57. The van der Waals surface area contributed by atoms with Gasteiger partial charge in [-0.2, -0.15) is 5.26 Å². The summed E-state index contributed by atoms with van der Waals surface area (Å²) in [6.07, 6.45) is 1.29. The second-order valence-electron chi connectivity index (χ2n) is 5.16. The van der Waals surface area contributed by atoms with Crippen molar-refractivity contribution in [1.82, 2.24) is 5.32 Å². The van der Waals surface area contributed by atoms with Crippen LogP contribution in [0.25, 0.3) is 17.4 Å². The maximum absolute atomic E-state index is 11.5. The lowest BCUT2D eigenvalue weighted by atomic mass is 10.0. The predicted molar refractivity (Wildman–Crippen MR) is 87.9 cm³/mol. The van der Waals surface area contributed by atoms with E-state index in [1.807, 2.05) is 6.92 Å². The third kappa shape index (κ3) is 3.33. The number of nitro benzene ring substituents is 1. The molecule has 0 aliphatic rings. The lowest BCUT2D eigenvalue weighted by molar-refractivity contribution is -0.384. The van der Waals surface area contributed by atoms with Gasteiger partial charge in [0.25, 0.3) is 11.6 Å². The first kappa shape index (κ1) is 17.0. The number of furan rings is 1. The number of benzene rings is 1. The van der Waals surface area contributed by atoms with Crippen LogP contribution in [0.15, 0.2) is 34.3 Å². The molecule has 0 saturated heterocycles. The van der Waals surface area contributed by atoms with Crippen LogP contribution in [0.3, 0.4) is 0 Å². The number of nitrogens with one attached hydrogen (secondary N) is 1. The molecule has 1 amide bonds. The molecule has 0 saturated carbocycles. The number of amides is 1. The van der Waals surface area contributed by atoms with Gasteiger partial charge in [0, 0.05) is 19.2 Å². The Kier molecular flexibility index (Phi) is 4.80. The molecule has 0 aliphatic heterocycles. The number of hydrogen-bond donors (Lipinski definition) is 1. The van der Waals surface area contributed by atoms with Crippen LogP contribution >= 0.6 is 0 Å². The number of nitrogens with zero attached hydrogens (tertiary/aromatic N) is 2. The van der Waals surface area contributed by atoms with Crippen molar-refractivity contribution in [3.05, 3.63) is 56.8 Å². The number of carbonyl (C=O) groups is 1. The van der Waals surface area contributed by atoms with Crippen LogP contribution in [0.2, 0.25) is 0 Å². The second kappa shape index (κ2) is 6.79. The summed E-state index contributed by atoms with van der Waals surface area (Å²) in [6, 6.07) is 8.08. The summed E-state index contributed by atoms with van der Waals surface area (Å²) in [6.45, 7) is 3.65. The van der Waals surface area contributed by atoms with E-state index in [2.05, 4.69) is 5.32 Å². The van der Waals surface area contributed by atoms with E-state index in [1.54, 1.807) is 31.2 Å². The minimum Gasteiger partial charge on any atom is -0.456 e. The fourth-order valence-electron chi connectivity index (χ4n) is 2.15. The Hall–Kier alpha value is -3.40. The zero-order valence-corrected chi connectivity index (χ0v) is 13.4. The third-order valence-corrected chi connectivity index (χ3v) is 3.58. The SMILES string of the molecule is CNC(=O)/C(C#N)=C/c1ccc(-c2cc(C)c(C)cc2[N+](=O)[O-])o1. The van der Waals surface area contributed by atoms with E-state index >= 15 is 0 Å². The Morgan fingerprint density at radius 1 is 1.33 bits per heavy atom. The maximum Gasteiger partial charge on any atom is 0.280 e. The maximum atomic E-state index is 11.5. The first-order valence-electron chi connectivity index (χ1n) is 7.07. The van der Waals surface area contributed by atoms with Crippen LogP contribution in [0.1, 0.15) is 16.9 Å². The Bertz CT molecular complexity index is 888. The zero-order valence-electron chi connectivity index (χ0n) is 13.4. The molecule has 1 N–H and O–H groups in total. The van der Waals surface area contributed by atoms with Crippen molar-refractivity contribution in [2.75, 3.05) is 7.05 Å². The zero-order chi connectivity index (χ0) is 17.9. The van der Waals surface area contributed by atoms with Crippen LogP contribution in [0, 0.1) is 35.3 Å². The van der Waals surface area contributed by atoms with Gasteiger partial charge in [0.1, 0.15) is 23.2 Å². The van der Waals surface area contributed by atoms with Gasteiger partial charge in [0.2, 0.25) is 0 Å². The van der Waals surface area contributed by atoms with Gasteiger partial charge in [-0.1, -0.05) is 0 Å². The van der Waals surface area contributed by atoms with Gasteiger partial charge in [0.15, 0.2) is 0 Å². The van der Waals surface area contributed by atoms with Gasteiger partial charge in [-0.05, 0) is 43.2 Å². The van der Waals surface area contributed by atoms with E-state index in [-0.39, 0.29) is 17.0 Å². The topological polar surface area (TPSA) is 109 Å². The van der Waals surface area contributed by atoms with E-state index < -0.39 is 10.8 Å². The second-order valence-corrected chi connectivity index (χ2v) is 5.16. The average molecular weight is 325 g/mol. The number of hydrogen-bond acceptors (Lipinski definition) is 5. The van der Waals surface area contributed by atoms with Crippen molar-refractivity contribution < 1.29 is 14.1 Å². The molecule has 7 heteroatoms. The van der Waals surface area contributed by atoms with E-state index in [0.29, 0.717) is 11.3 Å². The van der Waals surface area contributed by atoms with Gasteiger partial charge in [-0.25, -0.2) is 0 Å². The van der Waals surface area contributed by atoms with Crippen molar-refractivity contribution in [1.29, 1.82) is 5.26 Å². The van der Waals surface area contributed by atoms with Crippen LogP contribution in [-0.2, 0) is 4.79 Å². The highest BCUT2D eigenvalue weighted by Gasteiger charge is 2.20. The summed E-state index contributed by atoms with van der Waals surface area (Å²) in [7, 11) is 1.42. The standard InChI is InChI=1S/C17H15N3O4/c1-10-6-14(15(20(22)23)7-11(10)2)16-5-4-13(24-16)8-12(9-18)17(21)19-3/h4-8H,1-3H3,(H,19,21)/b12-8+. The molecule has 2 aromatic rings. The molecule has 0 spiro atoms. The van der Waals surface area contributed by atoms with Crippen molar-refractivity contribution in [2.24, 2.45) is 0 Å². The number of likely N-dealkylation sites (N-methyl/N-ethyl adjacent to an activating group) is 1. The molecular weight excluding hydrogens is 310 g/mol. The normalized spacial score (nSPS) is 11.0. The molecule has 0 atom stereocenters. The van der Waals surface area contributed by atoms with Gasteiger partial charge in [-0.15, -0.1) is 0 Å². The fourth-order valence-corrected chi connectivity index (χ4v) is 2.15. The molecule has 1 heterocycles. The van der Waals surface area contributed by atoms with Crippen LogP contribution in [-0.4, -0.2) is 17.9 Å². The highest BCUT2D eigenvalue weighted by atomic mass is 16.6. The first-order valence-corrected chi connectivity index (χ1v) is 7.07. The molecule has 0 unspecified atom stereocenters. The van der Waals surface area contributed by atoms with Crippen molar-refractivity contribution in [3.8, 4) is 17.4 Å². The Labute approximate surface area is 138 Å². The highest BCUT2D eigenvalue weighted by Crippen LogP contribution is 2.34. The van der Waals surface area contributed by atoms with E-state index in [4.69, 9.17) is 9.68 Å². The molecule has 0 aliphatic carbocycles. The lowest BCUT2D eigenvalue weighted by Crippen LogP contribution is -2.18. The molecule has 7 nitrogen and oxygen atoms in total. The third-order valence-electron chi connectivity index (χ3n) is 3.58. The largest absolute Gasteiger partial charge is 0.456 e. The molecule has 0 fully saturated rings. The smallest absolute Gasteiger partial charge is 0.280 e. The van der Waals surface area contributed by atoms with E-state index in [1.165, 1.54) is 19.2 Å². The van der Waals surface area contributed by atoms with Crippen LogP contribution < -0.4 is 5.32 Å². The molecule has 2 rings (SSSR count). The van der Waals surface area contributed by atoms with E-state index in [9.17, 15) is 14.9 Å². The Balaban J connectivity index is 2.51. The van der Waals surface area contributed by atoms with Crippen molar-refractivity contribution in [2.45, 2.75) is 13.8 Å². The van der Waals surface area contributed by atoms with Gasteiger partial charge in [0.05, 0.1) is 10.5 Å². The highest BCUT2D eigenvalue weighted by molar-refractivity contribution is 6.01.